The summed E-state index contributed by atoms with van der Waals surface area (Å²) in [5.41, 5.74) is 0.966. The minimum Gasteiger partial charge on any atom is -0.490 e. The Kier molecular flexibility index (Phi) is 7.68. The van der Waals surface area contributed by atoms with Crippen molar-refractivity contribution in [3.05, 3.63) is 61.0 Å². The van der Waals surface area contributed by atoms with E-state index in [1.807, 2.05) is 13.0 Å². The van der Waals surface area contributed by atoms with Crippen molar-refractivity contribution in [1.82, 2.24) is 9.66 Å². The number of carbonyl (C=O) groups excluding carboxylic acids is 1. The Labute approximate surface area is 201 Å². The van der Waals surface area contributed by atoms with Crippen molar-refractivity contribution in [3.63, 3.8) is 0 Å². The van der Waals surface area contributed by atoms with Crippen LogP contribution in [0.25, 0.3) is 10.9 Å². The van der Waals surface area contributed by atoms with Gasteiger partial charge in [0.25, 0.3) is 5.56 Å². The van der Waals surface area contributed by atoms with E-state index < -0.39 is 12.1 Å². The molecule has 0 aliphatic rings. The normalized spacial score (nSPS) is 12.2. The van der Waals surface area contributed by atoms with Gasteiger partial charge in [0.1, 0.15) is 5.82 Å². The lowest BCUT2D eigenvalue weighted by molar-refractivity contribution is -0.147. The molecule has 0 saturated carbocycles. The zero-order valence-corrected chi connectivity index (χ0v) is 21.1. The van der Waals surface area contributed by atoms with Crippen molar-refractivity contribution in [1.29, 1.82) is 0 Å². The number of ether oxygens (including phenoxy) is 3. The highest BCUT2D eigenvalue weighted by atomic mass is 79.9. The molecule has 0 saturated heterocycles. The van der Waals surface area contributed by atoms with Gasteiger partial charge in [0.05, 0.1) is 30.8 Å². The first-order valence-corrected chi connectivity index (χ1v) is 11.3. The van der Waals surface area contributed by atoms with Crippen LogP contribution in [0.1, 0.15) is 25.2 Å². The third-order valence-corrected chi connectivity index (χ3v) is 5.66. The standard InChI is InChI=1S/C22H21Br2N3O5/c1-5-31-19-8-14(17(24)10-20(19)32-12(2)22(29)30-4)11-25-27-13(3)26-18-7-6-15(23)9-16(18)21(27)28/h6-12H,5H2,1-4H3/t12-/m1/s1. The molecule has 0 aliphatic heterocycles. The van der Waals surface area contributed by atoms with E-state index in [9.17, 15) is 9.59 Å². The van der Waals surface area contributed by atoms with Crippen LogP contribution in [0.5, 0.6) is 11.5 Å². The molecule has 0 amide bonds. The summed E-state index contributed by atoms with van der Waals surface area (Å²) >= 11 is 6.86. The minimum absolute atomic E-state index is 0.280. The molecule has 0 bridgehead atoms. The number of carbonyl (C=O) groups is 1. The van der Waals surface area contributed by atoms with Gasteiger partial charge >= 0.3 is 5.97 Å². The molecule has 1 atom stereocenters. The summed E-state index contributed by atoms with van der Waals surface area (Å²) in [5.74, 6) is 0.755. The fourth-order valence-corrected chi connectivity index (χ4v) is 3.72. The molecular weight excluding hydrogens is 546 g/mol. The van der Waals surface area contributed by atoms with Gasteiger partial charge in [-0.25, -0.2) is 9.78 Å². The lowest BCUT2D eigenvalue weighted by Crippen LogP contribution is -2.25. The first-order valence-electron chi connectivity index (χ1n) is 9.69. The molecule has 8 nitrogen and oxygen atoms in total. The van der Waals surface area contributed by atoms with Gasteiger partial charge in [-0.05, 0) is 67.0 Å². The molecule has 0 unspecified atom stereocenters. The molecular formula is C22H21Br2N3O5. The molecule has 0 aliphatic carbocycles. The van der Waals surface area contributed by atoms with Crippen LogP contribution in [-0.2, 0) is 9.53 Å². The first-order chi connectivity index (χ1) is 15.2. The molecule has 168 valence electrons. The Bertz CT molecular complexity index is 1260. The summed E-state index contributed by atoms with van der Waals surface area (Å²) in [6.45, 7) is 5.53. The summed E-state index contributed by atoms with van der Waals surface area (Å²) in [5, 5.41) is 4.81. The van der Waals surface area contributed by atoms with Gasteiger partial charge in [0.2, 0.25) is 0 Å². The Balaban J connectivity index is 2.01. The molecule has 3 aromatic rings. The fourth-order valence-electron chi connectivity index (χ4n) is 2.93. The maximum Gasteiger partial charge on any atom is 0.346 e. The SMILES string of the molecule is CCOc1cc(C=Nn2c(C)nc3ccc(Br)cc3c2=O)c(Br)cc1O[C@H](C)C(=O)OC. The van der Waals surface area contributed by atoms with Crippen LogP contribution < -0.4 is 15.0 Å². The van der Waals surface area contributed by atoms with E-state index in [0.29, 0.717) is 44.9 Å². The van der Waals surface area contributed by atoms with Crippen molar-refractivity contribution in [2.45, 2.75) is 26.9 Å². The number of hydrogen-bond donors (Lipinski definition) is 0. The summed E-state index contributed by atoms with van der Waals surface area (Å²) in [6, 6.07) is 8.71. The molecule has 10 heteroatoms. The number of esters is 1. The largest absolute Gasteiger partial charge is 0.490 e. The number of nitrogens with zero attached hydrogens (tertiary/aromatic N) is 3. The van der Waals surface area contributed by atoms with Crippen molar-refractivity contribution < 1.29 is 19.0 Å². The Hall–Kier alpha value is -2.72. The summed E-state index contributed by atoms with van der Waals surface area (Å²) in [6.07, 6.45) is 0.717. The molecule has 1 heterocycles. The van der Waals surface area contributed by atoms with Crippen molar-refractivity contribution in [2.24, 2.45) is 5.10 Å². The predicted molar refractivity (Wildman–Crippen MR) is 129 cm³/mol. The van der Waals surface area contributed by atoms with E-state index in [1.54, 1.807) is 38.1 Å². The molecule has 0 radical (unpaired) electrons. The third-order valence-electron chi connectivity index (χ3n) is 4.48. The lowest BCUT2D eigenvalue weighted by Gasteiger charge is -2.17. The maximum absolute atomic E-state index is 12.9. The quantitative estimate of drug-likeness (QED) is 0.310. The van der Waals surface area contributed by atoms with Crippen LogP contribution in [0.15, 0.2) is 49.2 Å². The lowest BCUT2D eigenvalue weighted by atomic mass is 10.2. The number of fused-ring (bicyclic) bond motifs is 1. The molecule has 0 fully saturated rings. The predicted octanol–water partition coefficient (Wildman–Crippen LogP) is 4.45. The van der Waals surface area contributed by atoms with E-state index in [4.69, 9.17) is 14.2 Å². The van der Waals surface area contributed by atoms with E-state index >= 15 is 0 Å². The second-order valence-electron chi connectivity index (χ2n) is 6.72. The van der Waals surface area contributed by atoms with Gasteiger partial charge in [-0.15, -0.1) is 0 Å². The van der Waals surface area contributed by atoms with E-state index in [-0.39, 0.29) is 5.56 Å². The van der Waals surface area contributed by atoms with Gasteiger partial charge in [-0.1, -0.05) is 15.9 Å². The molecule has 0 N–H and O–H groups in total. The highest BCUT2D eigenvalue weighted by molar-refractivity contribution is 9.10. The van der Waals surface area contributed by atoms with Crippen molar-refractivity contribution in [3.8, 4) is 11.5 Å². The average molecular weight is 567 g/mol. The van der Waals surface area contributed by atoms with Crippen LogP contribution in [0.4, 0.5) is 0 Å². The van der Waals surface area contributed by atoms with Gasteiger partial charge in [0.15, 0.2) is 17.6 Å². The van der Waals surface area contributed by atoms with Gasteiger partial charge in [0, 0.05) is 14.5 Å². The monoisotopic (exact) mass is 565 g/mol. The van der Waals surface area contributed by atoms with Crippen LogP contribution in [0.3, 0.4) is 0 Å². The van der Waals surface area contributed by atoms with Crippen LogP contribution >= 0.6 is 31.9 Å². The van der Waals surface area contributed by atoms with Crippen molar-refractivity contribution in [2.75, 3.05) is 13.7 Å². The van der Waals surface area contributed by atoms with Crippen LogP contribution in [-0.4, -0.2) is 41.7 Å². The number of halogens is 2. The Morgan fingerprint density at radius 2 is 2.00 bits per heavy atom. The minimum atomic E-state index is -0.810. The van der Waals surface area contributed by atoms with E-state index in [1.165, 1.54) is 18.0 Å². The van der Waals surface area contributed by atoms with Crippen molar-refractivity contribution >= 4 is 54.9 Å². The second kappa shape index (κ2) is 10.3. The molecule has 2 aromatic carbocycles. The summed E-state index contributed by atoms with van der Waals surface area (Å²) < 4.78 is 18.7. The fraction of sp³-hybridized carbons (Fsp3) is 0.273. The number of benzene rings is 2. The Morgan fingerprint density at radius 3 is 2.69 bits per heavy atom. The van der Waals surface area contributed by atoms with E-state index in [2.05, 4.69) is 41.9 Å². The Morgan fingerprint density at radius 1 is 1.25 bits per heavy atom. The zero-order chi connectivity index (χ0) is 23.4. The average Bonchev–Trinajstić information content (AvgIpc) is 2.76. The topological polar surface area (TPSA) is 92.0 Å². The molecule has 1 aromatic heterocycles. The van der Waals surface area contributed by atoms with Gasteiger partial charge in [-0.2, -0.15) is 9.78 Å². The zero-order valence-electron chi connectivity index (χ0n) is 17.9. The van der Waals surface area contributed by atoms with Gasteiger partial charge < -0.3 is 14.2 Å². The third kappa shape index (κ3) is 5.18. The smallest absolute Gasteiger partial charge is 0.346 e. The highest BCUT2D eigenvalue weighted by Gasteiger charge is 2.19. The number of hydrogen-bond acceptors (Lipinski definition) is 7. The molecule has 0 spiro atoms. The summed E-state index contributed by atoms with van der Waals surface area (Å²) in [4.78, 5) is 29.1. The number of rotatable bonds is 7. The van der Waals surface area contributed by atoms with Gasteiger partial charge in [-0.3, -0.25) is 4.79 Å². The number of aryl methyl sites for hydroxylation is 1. The number of aromatic nitrogens is 2. The number of methoxy groups -OCH3 is 1. The second-order valence-corrected chi connectivity index (χ2v) is 8.49. The van der Waals surface area contributed by atoms with Crippen LogP contribution in [0.2, 0.25) is 0 Å². The van der Waals surface area contributed by atoms with Crippen LogP contribution in [0, 0.1) is 6.92 Å². The first kappa shape index (κ1) is 23.9. The maximum atomic E-state index is 12.9. The molecule has 3 rings (SSSR count). The highest BCUT2D eigenvalue weighted by Crippen LogP contribution is 2.34. The van der Waals surface area contributed by atoms with E-state index in [0.717, 1.165) is 4.47 Å². The summed E-state index contributed by atoms with van der Waals surface area (Å²) in [7, 11) is 1.30. The molecule has 32 heavy (non-hydrogen) atoms.